The molecule has 0 radical (unpaired) electrons. The molecule has 1 unspecified atom stereocenters. The van der Waals surface area contributed by atoms with Gasteiger partial charge in [0.1, 0.15) is 23.4 Å². The zero-order valence-corrected chi connectivity index (χ0v) is 16.6. The monoisotopic (exact) mass is 386 g/mol. The van der Waals surface area contributed by atoms with Crippen molar-refractivity contribution in [3.63, 3.8) is 0 Å². The lowest BCUT2D eigenvalue weighted by Crippen LogP contribution is -2.37. The minimum Gasteiger partial charge on any atom is -0.494 e. The fourth-order valence-electron chi connectivity index (χ4n) is 3.12. The van der Waals surface area contributed by atoms with E-state index >= 15 is 0 Å². The number of benzene rings is 1. The van der Waals surface area contributed by atoms with E-state index in [1.54, 1.807) is 12.3 Å². The van der Waals surface area contributed by atoms with Crippen LogP contribution in [0.3, 0.4) is 0 Å². The van der Waals surface area contributed by atoms with Gasteiger partial charge in [-0.2, -0.15) is 0 Å². The van der Waals surface area contributed by atoms with Crippen LogP contribution in [0.1, 0.15) is 37.6 Å². The summed E-state index contributed by atoms with van der Waals surface area (Å²) >= 11 is 0. The zero-order chi connectivity index (χ0) is 19.9. The topological polar surface area (TPSA) is 67.8 Å². The highest BCUT2D eigenvalue weighted by Crippen LogP contribution is 2.35. The molecule has 0 amide bonds. The van der Waals surface area contributed by atoms with Crippen LogP contribution in [0.25, 0.3) is 0 Å². The first kappa shape index (κ1) is 19.9. The van der Waals surface area contributed by atoms with Crippen LogP contribution in [-0.4, -0.2) is 30.2 Å². The Kier molecular flexibility index (Phi) is 6.68. The number of aromatic nitrogens is 1. The molecule has 1 aromatic heterocycles. The molecule has 0 fully saturated rings. The summed E-state index contributed by atoms with van der Waals surface area (Å²) in [6.45, 7) is 7.95. The maximum Gasteiger partial charge on any atom is 0.191 e. The van der Waals surface area contributed by atoms with Crippen molar-refractivity contribution in [3.05, 3.63) is 53.1 Å². The van der Waals surface area contributed by atoms with Gasteiger partial charge in [-0.3, -0.25) is 4.98 Å². The summed E-state index contributed by atoms with van der Waals surface area (Å²) in [7, 11) is 0. The lowest BCUT2D eigenvalue weighted by molar-refractivity contribution is 0.254. The second-order valence-electron chi connectivity index (χ2n) is 6.61. The first-order chi connectivity index (χ1) is 13.6. The predicted molar refractivity (Wildman–Crippen MR) is 107 cm³/mol. The van der Waals surface area contributed by atoms with Crippen LogP contribution in [0.5, 0.6) is 11.5 Å². The Hall–Kier alpha value is -2.83. The third-order valence-electron chi connectivity index (χ3n) is 4.39. The smallest absolute Gasteiger partial charge is 0.191 e. The van der Waals surface area contributed by atoms with Crippen LogP contribution in [-0.2, 0) is 19.5 Å². The largest absolute Gasteiger partial charge is 0.494 e. The van der Waals surface area contributed by atoms with Crippen molar-refractivity contribution in [1.29, 1.82) is 0 Å². The number of nitrogens with one attached hydrogen (secondary N) is 2. The molecule has 3 rings (SSSR count). The summed E-state index contributed by atoms with van der Waals surface area (Å²) in [5, 5.41) is 6.29. The first-order valence-electron chi connectivity index (χ1n) is 9.67. The van der Waals surface area contributed by atoms with Crippen LogP contribution in [0.2, 0.25) is 0 Å². The lowest BCUT2D eigenvalue weighted by Gasteiger charge is -2.14. The molecular formula is C21H27FN4O2. The Balaban J connectivity index is 1.75. The van der Waals surface area contributed by atoms with Gasteiger partial charge < -0.3 is 20.1 Å². The minimum atomic E-state index is -0.339. The summed E-state index contributed by atoms with van der Waals surface area (Å²) in [5.41, 5.74) is 2.47. The van der Waals surface area contributed by atoms with Gasteiger partial charge in [0.2, 0.25) is 0 Å². The molecule has 2 aromatic rings. The second kappa shape index (κ2) is 9.39. The fourth-order valence-corrected chi connectivity index (χ4v) is 3.12. The van der Waals surface area contributed by atoms with E-state index in [4.69, 9.17) is 9.47 Å². The van der Waals surface area contributed by atoms with E-state index in [2.05, 4.69) is 33.6 Å². The van der Waals surface area contributed by atoms with Gasteiger partial charge in [-0.1, -0.05) is 0 Å². The molecule has 0 saturated heterocycles. The maximum absolute atomic E-state index is 13.8. The van der Waals surface area contributed by atoms with Crippen LogP contribution in [0.15, 0.2) is 35.5 Å². The highest BCUT2D eigenvalue weighted by atomic mass is 19.1. The van der Waals surface area contributed by atoms with E-state index in [0.717, 1.165) is 23.5 Å². The molecule has 1 aliphatic rings. The number of fused-ring (bicyclic) bond motifs is 1. The molecule has 0 saturated carbocycles. The standard InChI is InChI=1S/C21H27FN4O2/c1-4-23-21(26-13-18-17(22)7-6-8-24-18)25-12-16-11-20-15(9-14(3)28-20)10-19(16)27-5-2/h6-8,10-11,14H,4-5,9,12-13H2,1-3H3,(H2,23,25,26). The quantitative estimate of drug-likeness (QED) is 0.565. The number of aliphatic imine (C=N–C) groups is 1. The van der Waals surface area contributed by atoms with E-state index in [-0.39, 0.29) is 18.5 Å². The number of halogens is 1. The molecule has 150 valence electrons. The molecule has 2 N–H and O–H groups in total. The van der Waals surface area contributed by atoms with E-state index in [0.29, 0.717) is 31.3 Å². The van der Waals surface area contributed by atoms with Crippen LogP contribution >= 0.6 is 0 Å². The third kappa shape index (κ3) is 4.91. The van der Waals surface area contributed by atoms with E-state index < -0.39 is 0 Å². The Morgan fingerprint density at radius 3 is 2.96 bits per heavy atom. The number of pyridine rings is 1. The molecule has 1 aromatic carbocycles. The number of nitrogens with zero attached hydrogens (tertiary/aromatic N) is 2. The second-order valence-corrected chi connectivity index (χ2v) is 6.61. The van der Waals surface area contributed by atoms with Crippen molar-refractivity contribution < 1.29 is 13.9 Å². The summed E-state index contributed by atoms with van der Waals surface area (Å²) in [4.78, 5) is 8.68. The number of rotatable bonds is 7. The zero-order valence-electron chi connectivity index (χ0n) is 16.6. The third-order valence-corrected chi connectivity index (χ3v) is 4.39. The molecule has 0 bridgehead atoms. The van der Waals surface area contributed by atoms with Gasteiger partial charge in [-0.15, -0.1) is 0 Å². The average Bonchev–Trinajstić information content (AvgIpc) is 3.04. The highest BCUT2D eigenvalue weighted by Gasteiger charge is 2.21. The molecular weight excluding hydrogens is 359 g/mol. The fraction of sp³-hybridized carbons (Fsp3) is 0.429. The van der Waals surface area contributed by atoms with Gasteiger partial charge in [-0.25, -0.2) is 9.38 Å². The van der Waals surface area contributed by atoms with E-state index in [1.807, 2.05) is 19.9 Å². The summed E-state index contributed by atoms with van der Waals surface area (Å²) in [5.74, 6) is 1.98. The maximum atomic E-state index is 13.8. The normalized spacial score (nSPS) is 15.7. The average molecular weight is 386 g/mol. The lowest BCUT2D eigenvalue weighted by atomic mass is 10.1. The van der Waals surface area contributed by atoms with Gasteiger partial charge in [0.15, 0.2) is 5.96 Å². The number of hydrogen-bond acceptors (Lipinski definition) is 4. The van der Waals surface area contributed by atoms with Gasteiger partial charge in [0, 0.05) is 30.3 Å². The number of hydrogen-bond donors (Lipinski definition) is 2. The summed E-state index contributed by atoms with van der Waals surface area (Å²) in [6, 6.07) is 7.03. The molecule has 28 heavy (non-hydrogen) atoms. The molecule has 6 nitrogen and oxygen atoms in total. The van der Waals surface area contributed by atoms with Crippen LogP contribution in [0.4, 0.5) is 4.39 Å². The van der Waals surface area contributed by atoms with Crippen molar-refractivity contribution in [2.45, 2.75) is 46.4 Å². The molecule has 1 atom stereocenters. The SMILES string of the molecule is CCNC(=NCc1cc2c(cc1OCC)CC(C)O2)NCc1ncccc1F. The number of ether oxygens (including phenoxy) is 2. The molecule has 0 spiro atoms. The van der Waals surface area contributed by atoms with Crippen LogP contribution in [0, 0.1) is 5.82 Å². The van der Waals surface area contributed by atoms with E-state index in [9.17, 15) is 4.39 Å². The predicted octanol–water partition coefficient (Wildman–Crippen LogP) is 3.20. The highest BCUT2D eigenvalue weighted by molar-refractivity contribution is 5.79. The molecule has 2 heterocycles. The first-order valence-corrected chi connectivity index (χ1v) is 9.67. The minimum absolute atomic E-state index is 0.176. The van der Waals surface area contributed by atoms with Gasteiger partial charge in [0.05, 0.1) is 25.4 Å². The van der Waals surface area contributed by atoms with Crippen molar-refractivity contribution in [2.24, 2.45) is 4.99 Å². The van der Waals surface area contributed by atoms with Crippen molar-refractivity contribution in [1.82, 2.24) is 15.6 Å². The van der Waals surface area contributed by atoms with Crippen molar-refractivity contribution in [2.75, 3.05) is 13.2 Å². The van der Waals surface area contributed by atoms with Gasteiger partial charge in [-0.05, 0) is 45.0 Å². The van der Waals surface area contributed by atoms with Crippen molar-refractivity contribution in [3.8, 4) is 11.5 Å². The Morgan fingerprint density at radius 1 is 1.36 bits per heavy atom. The van der Waals surface area contributed by atoms with Crippen LogP contribution < -0.4 is 20.1 Å². The molecule has 7 heteroatoms. The van der Waals surface area contributed by atoms with E-state index in [1.165, 1.54) is 11.6 Å². The number of guanidine groups is 1. The van der Waals surface area contributed by atoms with Gasteiger partial charge >= 0.3 is 0 Å². The summed E-state index contributed by atoms with van der Waals surface area (Å²) < 4.78 is 25.5. The molecule has 0 aliphatic carbocycles. The van der Waals surface area contributed by atoms with Gasteiger partial charge in [0.25, 0.3) is 0 Å². The Bertz CT molecular complexity index is 841. The van der Waals surface area contributed by atoms with Crippen molar-refractivity contribution >= 4 is 5.96 Å². The Morgan fingerprint density at radius 2 is 2.21 bits per heavy atom. The summed E-state index contributed by atoms with van der Waals surface area (Å²) in [6.07, 6.45) is 2.64. The molecule has 1 aliphatic heterocycles. The Labute approximate surface area is 165 Å².